The van der Waals surface area contributed by atoms with Crippen LogP contribution in [0.25, 0.3) is 11.0 Å². The van der Waals surface area contributed by atoms with Gasteiger partial charge in [-0.05, 0) is 42.3 Å². The summed E-state index contributed by atoms with van der Waals surface area (Å²) in [4.78, 5) is 29.0. The highest BCUT2D eigenvalue weighted by Gasteiger charge is 2.47. The second-order valence-corrected chi connectivity index (χ2v) is 12.1. The number of ketones is 1. The van der Waals surface area contributed by atoms with Crippen molar-refractivity contribution in [2.75, 3.05) is 26.2 Å². The number of Topliss-reactive ketones (excluding diaryl/α,β-unsaturated/α-hetero) is 1. The highest BCUT2D eigenvalue weighted by molar-refractivity contribution is 8.00. The van der Waals surface area contributed by atoms with E-state index < -0.39 is 23.5 Å². The number of aryl methyl sites for hydroxylation is 1. The Kier molecular flexibility index (Phi) is 8.02. The lowest BCUT2D eigenvalue weighted by atomic mass is 9.94. The first kappa shape index (κ1) is 29.3. The molecule has 3 aromatic carbocycles. The van der Waals surface area contributed by atoms with Crippen molar-refractivity contribution in [2.24, 2.45) is 0 Å². The van der Waals surface area contributed by atoms with E-state index in [0.717, 1.165) is 5.56 Å². The average molecular weight is 630 g/mol. The monoisotopic (exact) mass is 629 g/mol. The van der Waals surface area contributed by atoms with E-state index in [0.29, 0.717) is 43.9 Å². The number of benzene rings is 3. The van der Waals surface area contributed by atoms with E-state index in [-0.39, 0.29) is 16.5 Å². The number of furan rings is 1. The molecule has 224 valence electrons. The maximum absolute atomic E-state index is 14.0. The van der Waals surface area contributed by atoms with Gasteiger partial charge in [0, 0.05) is 11.1 Å². The van der Waals surface area contributed by atoms with Crippen LogP contribution in [0, 0.1) is 6.92 Å². The highest BCUT2D eigenvalue weighted by Crippen LogP contribution is 2.48. The van der Waals surface area contributed by atoms with Gasteiger partial charge in [-0.1, -0.05) is 71.1 Å². The number of aliphatic hydroxyl groups is 1. The third-order valence-corrected chi connectivity index (χ3v) is 9.32. The summed E-state index contributed by atoms with van der Waals surface area (Å²) < 4.78 is 23.1. The molecule has 0 saturated carbocycles. The summed E-state index contributed by atoms with van der Waals surface area (Å²) in [5, 5.41) is 20.8. The minimum absolute atomic E-state index is 0.0218. The van der Waals surface area contributed by atoms with E-state index in [4.69, 9.17) is 18.6 Å². The van der Waals surface area contributed by atoms with Gasteiger partial charge in [-0.3, -0.25) is 14.5 Å². The van der Waals surface area contributed by atoms with Gasteiger partial charge in [-0.15, -0.1) is 10.2 Å². The number of aromatic nitrogens is 2. The van der Waals surface area contributed by atoms with Crippen molar-refractivity contribution in [2.45, 2.75) is 23.1 Å². The number of anilines is 1. The fourth-order valence-electron chi connectivity index (χ4n) is 5.02. The SMILES string of the molecule is COc1cc(C2C(C(=O)c3cc4ccccc4o3)=C(O)C(=O)N2c2nnc(SCc3ccc(C)cc3)s2)cc(OC)c1OC. The number of carbonyl (C=O) groups excluding carboxylic acids is 2. The lowest BCUT2D eigenvalue weighted by molar-refractivity contribution is -0.117. The smallest absolute Gasteiger partial charge is 0.296 e. The van der Waals surface area contributed by atoms with E-state index in [1.165, 1.54) is 54.9 Å². The summed E-state index contributed by atoms with van der Waals surface area (Å²) in [5.41, 5.74) is 3.03. The molecule has 0 saturated heterocycles. The molecule has 1 aliphatic rings. The van der Waals surface area contributed by atoms with Crippen LogP contribution in [0.2, 0.25) is 0 Å². The molecule has 3 heterocycles. The molecule has 0 spiro atoms. The number of nitrogens with zero attached hydrogens (tertiary/aromatic N) is 3. The quantitative estimate of drug-likeness (QED) is 0.101. The molecule has 1 aliphatic heterocycles. The van der Waals surface area contributed by atoms with Gasteiger partial charge >= 0.3 is 0 Å². The Hall–Kier alpha value is -4.81. The summed E-state index contributed by atoms with van der Waals surface area (Å²) in [6.07, 6.45) is 0. The van der Waals surface area contributed by atoms with Crippen LogP contribution >= 0.6 is 23.1 Å². The number of amides is 1. The standard InChI is InChI=1S/C32H27N3O7S2/c1-17-9-11-18(12-10-17)16-43-32-34-33-31(44-32)35-26(20-14-23(39-2)29(41-4)24(15-20)40-3)25(28(37)30(35)38)27(36)22-13-19-7-5-6-8-21(19)42-22/h5-15,26,37H,16H2,1-4H3. The molecule has 0 radical (unpaired) electrons. The number of hydrogen-bond acceptors (Lipinski definition) is 11. The van der Waals surface area contributed by atoms with Gasteiger partial charge < -0.3 is 23.7 Å². The minimum atomic E-state index is -1.11. The molecule has 1 N–H and O–H groups in total. The fraction of sp³-hybridized carbons (Fsp3) is 0.188. The van der Waals surface area contributed by atoms with E-state index >= 15 is 0 Å². The summed E-state index contributed by atoms with van der Waals surface area (Å²) in [7, 11) is 4.41. The van der Waals surface area contributed by atoms with Crippen LogP contribution in [0.1, 0.15) is 33.3 Å². The van der Waals surface area contributed by atoms with Crippen molar-refractivity contribution in [3.63, 3.8) is 0 Å². The summed E-state index contributed by atoms with van der Waals surface area (Å²) in [5.74, 6) is -0.575. The van der Waals surface area contributed by atoms with Crippen LogP contribution in [0.4, 0.5) is 5.13 Å². The highest BCUT2D eigenvalue weighted by atomic mass is 32.2. The zero-order valence-electron chi connectivity index (χ0n) is 24.2. The third kappa shape index (κ3) is 5.26. The number of carbonyl (C=O) groups is 2. The third-order valence-electron chi connectivity index (χ3n) is 7.19. The summed E-state index contributed by atoms with van der Waals surface area (Å²) >= 11 is 2.66. The molecule has 1 unspecified atom stereocenters. The van der Waals surface area contributed by atoms with Crippen LogP contribution in [-0.4, -0.2) is 48.3 Å². The minimum Gasteiger partial charge on any atom is -0.503 e. The Morgan fingerprint density at radius 2 is 1.70 bits per heavy atom. The van der Waals surface area contributed by atoms with Crippen molar-refractivity contribution in [1.82, 2.24) is 10.2 Å². The lowest BCUT2D eigenvalue weighted by Crippen LogP contribution is -2.31. The zero-order chi connectivity index (χ0) is 31.0. The second kappa shape index (κ2) is 12.1. The molecule has 2 aromatic heterocycles. The van der Waals surface area contributed by atoms with Crippen molar-refractivity contribution in [3.05, 3.63) is 101 Å². The van der Waals surface area contributed by atoms with Crippen LogP contribution in [0.15, 0.2) is 86.8 Å². The van der Waals surface area contributed by atoms with E-state index in [1.54, 1.807) is 30.3 Å². The van der Waals surface area contributed by atoms with Crippen molar-refractivity contribution < 1.29 is 33.3 Å². The maximum Gasteiger partial charge on any atom is 0.296 e. The Balaban J connectivity index is 1.43. The van der Waals surface area contributed by atoms with Gasteiger partial charge in [0.25, 0.3) is 5.91 Å². The van der Waals surface area contributed by atoms with Gasteiger partial charge in [-0.2, -0.15) is 0 Å². The van der Waals surface area contributed by atoms with Crippen molar-refractivity contribution in [1.29, 1.82) is 0 Å². The van der Waals surface area contributed by atoms with E-state index in [9.17, 15) is 14.7 Å². The molecule has 12 heteroatoms. The number of hydrogen-bond donors (Lipinski definition) is 1. The van der Waals surface area contributed by atoms with Crippen LogP contribution in [0.3, 0.4) is 0 Å². The number of para-hydroxylation sites is 1. The molecule has 0 aliphatic carbocycles. The Bertz CT molecular complexity index is 1850. The Morgan fingerprint density at radius 3 is 2.36 bits per heavy atom. The largest absolute Gasteiger partial charge is 0.503 e. The van der Waals surface area contributed by atoms with Gasteiger partial charge in [0.1, 0.15) is 5.58 Å². The predicted octanol–water partition coefficient (Wildman–Crippen LogP) is 6.69. The van der Waals surface area contributed by atoms with Crippen LogP contribution < -0.4 is 19.1 Å². The molecule has 5 aromatic rings. The van der Waals surface area contributed by atoms with E-state index in [2.05, 4.69) is 10.2 Å². The summed E-state index contributed by atoms with van der Waals surface area (Å²) in [6, 6.07) is 19.1. The predicted molar refractivity (Wildman–Crippen MR) is 167 cm³/mol. The number of ether oxygens (including phenoxy) is 3. The molecule has 44 heavy (non-hydrogen) atoms. The van der Waals surface area contributed by atoms with Crippen molar-refractivity contribution in [3.8, 4) is 17.2 Å². The molecule has 0 bridgehead atoms. The average Bonchev–Trinajstić information content (AvgIpc) is 3.76. The van der Waals surface area contributed by atoms with Gasteiger partial charge in [0.05, 0.1) is 32.9 Å². The zero-order valence-corrected chi connectivity index (χ0v) is 25.8. The molecule has 6 rings (SSSR count). The number of fused-ring (bicyclic) bond motifs is 1. The first-order chi connectivity index (χ1) is 21.3. The first-order valence-corrected chi connectivity index (χ1v) is 15.2. The molecular weight excluding hydrogens is 603 g/mol. The number of rotatable bonds is 10. The molecule has 1 atom stereocenters. The first-order valence-electron chi connectivity index (χ1n) is 13.4. The van der Waals surface area contributed by atoms with Gasteiger partial charge in [0.15, 0.2) is 27.4 Å². The number of thioether (sulfide) groups is 1. The molecule has 0 fully saturated rings. The Labute approximate surface area is 260 Å². The molecule has 10 nitrogen and oxygen atoms in total. The molecule has 1 amide bonds. The van der Waals surface area contributed by atoms with Gasteiger partial charge in [-0.25, -0.2) is 0 Å². The summed E-state index contributed by atoms with van der Waals surface area (Å²) in [6.45, 7) is 2.03. The van der Waals surface area contributed by atoms with E-state index in [1.807, 2.05) is 43.3 Å². The number of methoxy groups -OCH3 is 3. The molecular formula is C32H27N3O7S2. The lowest BCUT2D eigenvalue weighted by Gasteiger charge is -2.25. The maximum atomic E-state index is 14.0. The second-order valence-electron chi connectivity index (χ2n) is 9.90. The van der Waals surface area contributed by atoms with Crippen LogP contribution in [-0.2, 0) is 10.5 Å². The normalized spacial score (nSPS) is 14.9. The topological polar surface area (TPSA) is 124 Å². The van der Waals surface area contributed by atoms with Crippen LogP contribution in [0.5, 0.6) is 17.2 Å². The number of aliphatic hydroxyl groups excluding tert-OH is 1. The van der Waals surface area contributed by atoms with Crippen molar-refractivity contribution >= 4 is 50.9 Å². The Morgan fingerprint density at radius 1 is 1.00 bits per heavy atom. The van der Waals surface area contributed by atoms with Gasteiger partial charge in [0.2, 0.25) is 16.7 Å². The fourth-order valence-corrected chi connectivity index (χ4v) is 6.85.